The van der Waals surface area contributed by atoms with Gasteiger partial charge in [0.2, 0.25) is 0 Å². The van der Waals surface area contributed by atoms with Gasteiger partial charge in [0.1, 0.15) is 0 Å². The molecule has 0 saturated heterocycles. The van der Waals surface area contributed by atoms with Crippen LogP contribution in [0.2, 0.25) is 0 Å². The fourth-order valence-corrected chi connectivity index (χ4v) is 1.94. The maximum Gasteiger partial charge on any atom is 0.446 e. The van der Waals surface area contributed by atoms with E-state index in [0.29, 0.717) is 5.56 Å². The second-order valence-electron chi connectivity index (χ2n) is 3.88. The molecule has 116 valence electrons. The normalized spacial score (nSPS) is 13.8. The van der Waals surface area contributed by atoms with Gasteiger partial charge in [-0.25, -0.2) is 0 Å². The van der Waals surface area contributed by atoms with Gasteiger partial charge in [-0.3, -0.25) is 0 Å². The third-order valence-electron chi connectivity index (χ3n) is 2.28. The second-order valence-corrected chi connectivity index (χ2v) is 5.02. The highest BCUT2D eigenvalue weighted by molar-refractivity contribution is 8.00. The maximum absolute atomic E-state index is 12.1. The van der Waals surface area contributed by atoms with Crippen molar-refractivity contribution in [3.05, 3.63) is 29.8 Å². The van der Waals surface area contributed by atoms with Gasteiger partial charge in [-0.05, 0) is 35.9 Å². The van der Waals surface area contributed by atoms with Gasteiger partial charge in [0.15, 0.2) is 0 Å². The second kappa shape index (κ2) is 7.42. The van der Waals surface area contributed by atoms with Gasteiger partial charge >= 0.3 is 11.7 Å². The number of hydrogen-bond acceptors (Lipinski definition) is 2. The lowest BCUT2D eigenvalue weighted by atomic mass is 10.0. The largest absolute Gasteiger partial charge is 0.446 e. The van der Waals surface area contributed by atoms with E-state index < -0.39 is 24.1 Å². The predicted molar refractivity (Wildman–Crippen MR) is 67.8 cm³/mol. The highest BCUT2D eigenvalue weighted by Crippen LogP contribution is 2.37. The summed E-state index contributed by atoms with van der Waals surface area (Å²) in [6.07, 6.45) is -5.60. The Morgan fingerprint density at radius 3 is 1.90 bits per heavy atom. The van der Waals surface area contributed by atoms with Crippen LogP contribution < -0.4 is 5.73 Å². The van der Waals surface area contributed by atoms with Gasteiger partial charge in [0, 0.05) is 17.4 Å². The Bertz CT molecular complexity index is 403. The van der Waals surface area contributed by atoms with Crippen molar-refractivity contribution in [2.45, 2.75) is 35.5 Å². The van der Waals surface area contributed by atoms with Gasteiger partial charge in [0.05, 0.1) is 0 Å². The summed E-state index contributed by atoms with van der Waals surface area (Å²) >= 11 is -0.282. The molecule has 0 fully saturated rings. The number of rotatable bonds is 4. The van der Waals surface area contributed by atoms with Crippen LogP contribution in [0.4, 0.5) is 26.3 Å². The zero-order valence-electron chi connectivity index (χ0n) is 9.96. The Balaban J connectivity index is 0.00000361. The Kier molecular flexibility index (Phi) is 7.20. The van der Waals surface area contributed by atoms with Crippen LogP contribution in [-0.2, 0) is 0 Å². The Labute approximate surface area is 122 Å². The molecule has 0 radical (unpaired) electrons. The summed E-state index contributed by atoms with van der Waals surface area (Å²) in [6, 6.07) is 4.18. The number of nitrogens with two attached hydrogens (primary N) is 1. The summed E-state index contributed by atoms with van der Waals surface area (Å²) in [7, 11) is 0. The molecule has 0 aliphatic carbocycles. The maximum atomic E-state index is 12.1. The molecule has 0 spiro atoms. The van der Waals surface area contributed by atoms with Crippen LogP contribution >= 0.6 is 24.2 Å². The first kappa shape index (κ1) is 19.4. The minimum absolute atomic E-state index is 0. The van der Waals surface area contributed by atoms with Crippen molar-refractivity contribution in [2.24, 2.45) is 5.73 Å². The molecule has 0 heterocycles. The lowest BCUT2D eigenvalue weighted by Crippen LogP contribution is -2.15. The topological polar surface area (TPSA) is 26.0 Å². The minimum atomic E-state index is -4.39. The van der Waals surface area contributed by atoms with E-state index in [1.165, 1.54) is 24.3 Å². The van der Waals surface area contributed by atoms with Gasteiger partial charge in [-0.15, -0.1) is 12.4 Å². The fourth-order valence-electron chi connectivity index (χ4n) is 1.40. The van der Waals surface area contributed by atoms with Crippen molar-refractivity contribution in [3.63, 3.8) is 0 Å². The highest BCUT2D eigenvalue weighted by atomic mass is 35.5. The summed E-state index contributed by atoms with van der Waals surface area (Å²) in [5.74, 6) is 0. The smallest absolute Gasteiger partial charge is 0.324 e. The molecule has 0 bridgehead atoms. The summed E-state index contributed by atoms with van der Waals surface area (Å²) in [5.41, 5.74) is 1.55. The van der Waals surface area contributed by atoms with Crippen molar-refractivity contribution in [2.75, 3.05) is 0 Å². The van der Waals surface area contributed by atoms with Crippen LogP contribution in [-0.4, -0.2) is 11.7 Å². The quantitative estimate of drug-likeness (QED) is 0.612. The zero-order chi connectivity index (χ0) is 14.7. The van der Waals surface area contributed by atoms with Gasteiger partial charge in [-0.2, -0.15) is 26.3 Å². The SMILES string of the molecule is Cl.N[C@@H](CCC(F)(F)F)c1ccc(SC(F)(F)F)cc1. The van der Waals surface area contributed by atoms with Gasteiger partial charge in [-0.1, -0.05) is 12.1 Å². The molecule has 1 nitrogen and oxygen atoms in total. The summed E-state index contributed by atoms with van der Waals surface area (Å²) in [5, 5.41) is 0. The van der Waals surface area contributed by atoms with Crippen LogP contribution in [0.15, 0.2) is 29.2 Å². The lowest BCUT2D eigenvalue weighted by Gasteiger charge is -2.14. The van der Waals surface area contributed by atoms with Crippen molar-refractivity contribution in [1.29, 1.82) is 0 Å². The summed E-state index contributed by atoms with van der Waals surface area (Å²) < 4.78 is 72.2. The Morgan fingerprint density at radius 2 is 1.50 bits per heavy atom. The number of thioether (sulfide) groups is 1. The number of benzene rings is 1. The van der Waals surface area contributed by atoms with Crippen molar-refractivity contribution in [1.82, 2.24) is 0 Å². The molecule has 2 N–H and O–H groups in total. The Morgan fingerprint density at radius 1 is 1.00 bits per heavy atom. The molecule has 0 aliphatic rings. The Hall–Kier alpha value is -0.600. The molecule has 9 heteroatoms. The summed E-state index contributed by atoms with van der Waals surface area (Å²) in [4.78, 5) is -0.0285. The number of halogens is 7. The van der Waals surface area contributed by atoms with E-state index in [9.17, 15) is 26.3 Å². The van der Waals surface area contributed by atoms with Crippen LogP contribution in [0.1, 0.15) is 24.4 Å². The minimum Gasteiger partial charge on any atom is -0.324 e. The van der Waals surface area contributed by atoms with Crippen LogP contribution in [0.25, 0.3) is 0 Å². The molecule has 1 atom stereocenters. The first-order valence-corrected chi connectivity index (χ1v) is 6.06. The van der Waals surface area contributed by atoms with Gasteiger partial charge < -0.3 is 5.73 Å². The fraction of sp³-hybridized carbons (Fsp3) is 0.455. The molecular weight excluding hydrogens is 328 g/mol. The number of hydrogen-bond donors (Lipinski definition) is 1. The molecule has 0 aliphatic heterocycles. The third-order valence-corrected chi connectivity index (χ3v) is 3.02. The third kappa shape index (κ3) is 7.86. The molecule has 1 aromatic carbocycles. The number of alkyl halides is 6. The monoisotopic (exact) mass is 339 g/mol. The van der Waals surface area contributed by atoms with E-state index in [1.54, 1.807) is 0 Å². The van der Waals surface area contributed by atoms with Gasteiger partial charge in [0.25, 0.3) is 0 Å². The van der Waals surface area contributed by atoms with Crippen molar-refractivity contribution >= 4 is 24.2 Å². The summed E-state index contributed by atoms with van der Waals surface area (Å²) in [6.45, 7) is 0. The zero-order valence-corrected chi connectivity index (χ0v) is 11.6. The van der Waals surface area contributed by atoms with Crippen molar-refractivity contribution < 1.29 is 26.3 Å². The van der Waals surface area contributed by atoms with Crippen LogP contribution in [0, 0.1) is 0 Å². The van der Waals surface area contributed by atoms with E-state index in [1.807, 2.05) is 0 Å². The standard InChI is InChI=1S/C11H11F6NS.ClH/c12-10(13,14)6-5-9(18)7-1-3-8(4-2-7)19-11(15,16)17;/h1-4,9H,5-6,18H2;1H/t9-;/m0./s1. The molecule has 0 unspecified atom stereocenters. The van der Waals surface area contributed by atoms with E-state index in [2.05, 4.69) is 0 Å². The van der Waals surface area contributed by atoms with E-state index in [0.717, 1.165) is 0 Å². The van der Waals surface area contributed by atoms with Crippen LogP contribution in [0.5, 0.6) is 0 Å². The molecule has 20 heavy (non-hydrogen) atoms. The first-order valence-electron chi connectivity index (χ1n) is 5.25. The highest BCUT2D eigenvalue weighted by Gasteiger charge is 2.29. The molecule has 1 aromatic rings. The molecule has 0 aromatic heterocycles. The molecular formula is C11H12ClF6NS. The van der Waals surface area contributed by atoms with E-state index in [4.69, 9.17) is 5.73 Å². The van der Waals surface area contributed by atoms with Crippen LogP contribution in [0.3, 0.4) is 0 Å². The predicted octanol–water partition coefficient (Wildman–Crippen LogP) is 5.06. The van der Waals surface area contributed by atoms with E-state index >= 15 is 0 Å². The lowest BCUT2D eigenvalue weighted by molar-refractivity contribution is -0.136. The average Bonchev–Trinajstić information content (AvgIpc) is 2.23. The molecule has 0 amide bonds. The molecule has 1 rings (SSSR count). The average molecular weight is 340 g/mol. The van der Waals surface area contributed by atoms with E-state index in [-0.39, 0.29) is 35.5 Å². The van der Waals surface area contributed by atoms with Crippen molar-refractivity contribution in [3.8, 4) is 0 Å². The first-order chi connectivity index (χ1) is 8.57. The molecule has 0 saturated carbocycles.